The largest absolute Gasteiger partial charge is 0.480 e. The van der Waals surface area contributed by atoms with Crippen molar-refractivity contribution in [2.24, 2.45) is 0 Å². The van der Waals surface area contributed by atoms with E-state index in [0.29, 0.717) is 9.80 Å². The maximum Gasteiger partial charge on any atom is 0.471 e. The molecular weight excluding hydrogens is 399 g/mol. The van der Waals surface area contributed by atoms with Crippen molar-refractivity contribution in [1.82, 2.24) is 15.1 Å². The summed E-state index contributed by atoms with van der Waals surface area (Å²) in [6.45, 7) is 1.44. The summed E-state index contributed by atoms with van der Waals surface area (Å²) in [6, 6.07) is -3.62. The molecule has 0 saturated carbocycles. The van der Waals surface area contributed by atoms with Crippen LogP contribution < -0.4 is 5.32 Å². The van der Waals surface area contributed by atoms with Gasteiger partial charge in [-0.15, -0.1) is 0 Å². The molecule has 0 bridgehead atoms. The van der Waals surface area contributed by atoms with Gasteiger partial charge in [-0.3, -0.25) is 19.2 Å². The number of likely N-dealkylation sites (N-methyl/N-ethyl adjacent to an activating group) is 1. The summed E-state index contributed by atoms with van der Waals surface area (Å²) in [4.78, 5) is 47.9. The standard InChI is InChI=1S/C13H16F3N3O7S/c1-12(2)7(9(23)18(3)4-5(20)21)19-8(22)6(10(19)27(12,25)26)17-11(24)13(14,15)16/h6-7,10H,4H2,1-3H3,(H,17,24)(H,20,21)/t6-,7-,10+/m0/s1. The van der Waals surface area contributed by atoms with Gasteiger partial charge < -0.3 is 20.2 Å². The molecule has 10 nitrogen and oxygen atoms in total. The Labute approximate surface area is 151 Å². The molecule has 0 radical (unpaired) electrons. The highest BCUT2D eigenvalue weighted by Gasteiger charge is 2.73. The van der Waals surface area contributed by atoms with Crippen LogP contribution in [0.1, 0.15) is 13.8 Å². The fraction of sp³-hybridized carbons (Fsp3) is 0.692. The number of aliphatic carboxylic acids is 1. The zero-order valence-electron chi connectivity index (χ0n) is 14.3. The molecule has 3 amide bonds. The van der Waals surface area contributed by atoms with Gasteiger partial charge >= 0.3 is 18.1 Å². The van der Waals surface area contributed by atoms with E-state index >= 15 is 0 Å². The number of nitrogens with zero attached hydrogens (tertiary/aromatic N) is 2. The van der Waals surface area contributed by atoms with Crippen LogP contribution in [0.3, 0.4) is 0 Å². The van der Waals surface area contributed by atoms with Crippen LogP contribution in [-0.4, -0.2) is 89.0 Å². The number of amides is 3. The number of carboxylic acids is 1. The summed E-state index contributed by atoms with van der Waals surface area (Å²) in [7, 11) is -3.28. The molecule has 0 spiro atoms. The third-order valence-electron chi connectivity index (χ3n) is 4.59. The lowest BCUT2D eigenvalue weighted by atomic mass is 9.94. The van der Waals surface area contributed by atoms with Gasteiger partial charge in [0.2, 0.25) is 11.8 Å². The van der Waals surface area contributed by atoms with E-state index in [1.54, 1.807) is 0 Å². The maximum atomic E-state index is 12.7. The molecular formula is C13H16F3N3O7S. The second kappa shape index (κ2) is 6.07. The van der Waals surface area contributed by atoms with E-state index < -0.39 is 68.5 Å². The van der Waals surface area contributed by atoms with Crippen molar-refractivity contribution in [2.75, 3.05) is 13.6 Å². The molecule has 2 heterocycles. The van der Waals surface area contributed by atoms with Crippen molar-refractivity contribution in [2.45, 2.75) is 42.2 Å². The number of alkyl halides is 3. The van der Waals surface area contributed by atoms with Crippen LogP contribution in [0.5, 0.6) is 0 Å². The fourth-order valence-corrected chi connectivity index (χ4v) is 5.37. The number of carbonyl (C=O) groups excluding carboxylic acids is 3. The number of rotatable bonds is 4. The summed E-state index contributed by atoms with van der Waals surface area (Å²) < 4.78 is 60.8. The first-order valence-electron chi connectivity index (χ1n) is 7.45. The number of carbonyl (C=O) groups is 4. The third-order valence-corrected chi connectivity index (χ3v) is 7.42. The van der Waals surface area contributed by atoms with Crippen molar-refractivity contribution in [1.29, 1.82) is 0 Å². The van der Waals surface area contributed by atoms with Crippen molar-refractivity contribution >= 4 is 33.5 Å². The molecule has 0 aromatic carbocycles. The Bertz CT molecular complexity index is 824. The molecule has 0 unspecified atom stereocenters. The average molecular weight is 415 g/mol. The topological polar surface area (TPSA) is 141 Å². The second-order valence-corrected chi connectivity index (χ2v) is 9.35. The van der Waals surface area contributed by atoms with E-state index in [4.69, 9.17) is 5.11 Å². The molecule has 3 atom stereocenters. The van der Waals surface area contributed by atoms with Gasteiger partial charge in [0, 0.05) is 7.05 Å². The normalized spacial score (nSPS) is 28.1. The van der Waals surface area contributed by atoms with Crippen LogP contribution in [0.4, 0.5) is 13.2 Å². The van der Waals surface area contributed by atoms with Gasteiger partial charge in [0.1, 0.15) is 18.6 Å². The van der Waals surface area contributed by atoms with Gasteiger partial charge in [-0.05, 0) is 13.8 Å². The lowest BCUT2D eigenvalue weighted by Gasteiger charge is -2.43. The van der Waals surface area contributed by atoms with Gasteiger partial charge in [-0.2, -0.15) is 13.2 Å². The molecule has 2 aliphatic heterocycles. The Hall–Kier alpha value is -2.38. The van der Waals surface area contributed by atoms with Crippen LogP contribution >= 0.6 is 0 Å². The van der Waals surface area contributed by atoms with Gasteiger partial charge in [-0.1, -0.05) is 0 Å². The number of nitrogens with one attached hydrogen (secondary N) is 1. The first-order chi connectivity index (χ1) is 12.0. The number of fused-ring (bicyclic) bond motifs is 1. The molecule has 2 fully saturated rings. The summed E-state index contributed by atoms with van der Waals surface area (Å²) in [5, 5.41) is 8.25. The molecule has 2 saturated heterocycles. The zero-order chi connectivity index (χ0) is 21.1. The summed E-state index contributed by atoms with van der Waals surface area (Å²) >= 11 is 0. The maximum absolute atomic E-state index is 12.7. The van der Waals surface area contributed by atoms with Gasteiger partial charge in [0.25, 0.3) is 0 Å². The number of hydrogen-bond donors (Lipinski definition) is 2. The number of carboxylic acid groups (broad SMARTS) is 1. The predicted molar refractivity (Wildman–Crippen MR) is 80.7 cm³/mol. The number of hydrogen-bond acceptors (Lipinski definition) is 6. The molecule has 2 N–H and O–H groups in total. The Morgan fingerprint density at radius 3 is 2.26 bits per heavy atom. The smallest absolute Gasteiger partial charge is 0.471 e. The molecule has 2 aliphatic rings. The SMILES string of the molecule is CN(CC(=O)O)C(=O)[C@@H]1N2C(=O)[C@H](NC(=O)C(F)(F)F)[C@H]2S(=O)(=O)C1(C)C. The Balaban J connectivity index is 2.38. The van der Waals surface area contributed by atoms with Crippen molar-refractivity contribution in [3.8, 4) is 0 Å². The highest BCUT2D eigenvalue weighted by molar-refractivity contribution is 7.94. The van der Waals surface area contributed by atoms with Crippen LogP contribution in [0.2, 0.25) is 0 Å². The fourth-order valence-electron chi connectivity index (χ4n) is 3.15. The number of β-lactam (4-membered cyclic amide) rings is 1. The lowest BCUT2D eigenvalue weighted by Crippen LogP contribution is -2.73. The van der Waals surface area contributed by atoms with E-state index in [1.165, 1.54) is 5.32 Å². The number of sulfone groups is 1. The highest BCUT2D eigenvalue weighted by Crippen LogP contribution is 2.46. The summed E-state index contributed by atoms with van der Waals surface area (Å²) in [5.74, 6) is -6.03. The van der Waals surface area contributed by atoms with Crippen LogP contribution in [-0.2, 0) is 29.0 Å². The summed E-state index contributed by atoms with van der Waals surface area (Å²) in [5.41, 5.74) is 0. The monoisotopic (exact) mass is 415 g/mol. The van der Waals surface area contributed by atoms with Crippen LogP contribution in [0, 0.1) is 0 Å². The van der Waals surface area contributed by atoms with Crippen LogP contribution in [0.25, 0.3) is 0 Å². The highest BCUT2D eigenvalue weighted by atomic mass is 32.2. The molecule has 0 aliphatic carbocycles. The average Bonchev–Trinajstić information content (AvgIpc) is 2.63. The molecule has 152 valence electrons. The Kier molecular flexibility index (Phi) is 4.70. The first kappa shape index (κ1) is 20.9. The number of halogens is 3. The van der Waals surface area contributed by atoms with Crippen molar-refractivity contribution < 1.29 is 45.9 Å². The second-order valence-electron chi connectivity index (χ2n) is 6.72. The third kappa shape index (κ3) is 3.00. The molecule has 14 heteroatoms. The zero-order valence-corrected chi connectivity index (χ0v) is 15.1. The minimum absolute atomic E-state index is 0.581. The Morgan fingerprint density at radius 1 is 1.30 bits per heavy atom. The molecule has 0 aromatic heterocycles. The quantitative estimate of drug-likeness (QED) is 0.523. The van der Waals surface area contributed by atoms with E-state index in [-0.39, 0.29) is 0 Å². The lowest BCUT2D eigenvalue weighted by molar-refractivity contribution is -0.178. The minimum Gasteiger partial charge on any atom is -0.480 e. The van der Waals surface area contributed by atoms with E-state index in [0.717, 1.165) is 20.9 Å². The summed E-state index contributed by atoms with van der Waals surface area (Å²) in [6.07, 6.45) is -5.32. The molecule has 0 aromatic rings. The Morgan fingerprint density at radius 2 is 1.81 bits per heavy atom. The minimum atomic E-state index is -5.32. The first-order valence-corrected chi connectivity index (χ1v) is 9.00. The predicted octanol–water partition coefficient (Wildman–Crippen LogP) is -1.68. The van der Waals surface area contributed by atoms with Gasteiger partial charge in [0.05, 0.1) is 4.75 Å². The van der Waals surface area contributed by atoms with E-state index in [2.05, 4.69) is 0 Å². The molecule has 27 heavy (non-hydrogen) atoms. The van der Waals surface area contributed by atoms with E-state index in [1.807, 2.05) is 0 Å². The van der Waals surface area contributed by atoms with E-state index in [9.17, 15) is 40.8 Å². The van der Waals surface area contributed by atoms with Gasteiger partial charge in [0.15, 0.2) is 15.2 Å². The van der Waals surface area contributed by atoms with Gasteiger partial charge in [-0.25, -0.2) is 8.42 Å². The molecule has 2 rings (SSSR count). The van der Waals surface area contributed by atoms with Crippen molar-refractivity contribution in [3.05, 3.63) is 0 Å². The van der Waals surface area contributed by atoms with Crippen molar-refractivity contribution in [3.63, 3.8) is 0 Å². The van der Waals surface area contributed by atoms with Crippen LogP contribution in [0.15, 0.2) is 0 Å².